The molecule has 32 heavy (non-hydrogen) atoms. The van der Waals surface area contributed by atoms with Gasteiger partial charge in [0, 0.05) is 30.2 Å². The number of carbonyl (C=O) groups is 1. The van der Waals surface area contributed by atoms with E-state index >= 15 is 0 Å². The van der Waals surface area contributed by atoms with E-state index in [2.05, 4.69) is 0 Å². The molecule has 0 N–H and O–H groups in total. The standard InChI is InChI=1S/C24H27NO6S/c1-14(26)31-16-8-9-21-19(11-16)18-12-22(29-2)23(30-3)13-20(18)24(25-21)15-6-5-7-17(10-15)32(4,27)28/h5-7,10,12-13,16,19,21H,8-9,11H2,1-4H3. The fourth-order valence-corrected chi connectivity index (χ4v) is 5.36. The van der Waals surface area contributed by atoms with Gasteiger partial charge in [0.15, 0.2) is 21.3 Å². The van der Waals surface area contributed by atoms with Crippen LogP contribution in [0.15, 0.2) is 46.3 Å². The Bertz CT molecular complexity index is 1190. The van der Waals surface area contributed by atoms with E-state index in [9.17, 15) is 13.2 Å². The molecule has 2 aromatic rings. The summed E-state index contributed by atoms with van der Waals surface area (Å²) in [6.07, 6.45) is 3.23. The molecular formula is C24H27NO6S. The van der Waals surface area contributed by atoms with Gasteiger partial charge in [-0.1, -0.05) is 12.1 Å². The molecule has 3 unspecified atom stereocenters. The Morgan fingerprint density at radius 2 is 1.78 bits per heavy atom. The van der Waals surface area contributed by atoms with Gasteiger partial charge in [0.1, 0.15) is 6.10 Å². The topological polar surface area (TPSA) is 91.3 Å². The molecule has 7 nitrogen and oxygen atoms in total. The SMILES string of the molecule is COc1cc2c(cc1OC)C1CC(OC(C)=O)CCC1N=C2c1cccc(S(C)(=O)=O)c1. The van der Waals surface area contributed by atoms with Crippen molar-refractivity contribution in [2.75, 3.05) is 20.5 Å². The fraction of sp³-hybridized carbons (Fsp3) is 0.417. The van der Waals surface area contributed by atoms with E-state index in [1.54, 1.807) is 32.4 Å². The number of benzene rings is 2. The van der Waals surface area contributed by atoms with Crippen LogP contribution in [-0.2, 0) is 19.4 Å². The van der Waals surface area contributed by atoms with Gasteiger partial charge in [-0.05, 0) is 49.1 Å². The molecule has 170 valence electrons. The molecule has 0 spiro atoms. The van der Waals surface area contributed by atoms with E-state index in [1.165, 1.54) is 13.2 Å². The normalized spacial score (nSPS) is 22.2. The molecule has 1 aliphatic carbocycles. The van der Waals surface area contributed by atoms with E-state index in [4.69, 9.17) is 19.2 Å². The van der Waals surface area contributed by atoms with E-state index in [0.717, 1.165) is 35.2 Å². The highest BCUT2D eigenvalue weighted by atomic mass is 32.2. The van der Waals surface area contributed by atoms with E-state index in [-0.39, 0.29) is 28.9 Å². The van der Waals surface area contributed by atoms with Crippen molar-refractivity contribution >= 4 is 21.5 Å². The summed E-state index contributed by atoms with van der Waals surface area (Å²) in [4.78, 5) is 16.8. The maximum Gasteiger partial charge on any atom is 0.302 e. The van der Waals surface area contributed by atoms with Gasteiger partial charge in [-0.25, -0.2) is 8.42 Å². The van der Waals surface area contributed by atoms with Crippen LogP contribution in [0.2, 0.25) is 0 Å². The smallest absolute Gasteiger partial charge is 0.302 e. The second-order valence-electron chi connectivity index (χ2n) is 8.29. The van der Waals surface area contributed by atoms with Crippen molar-refractivity contribution < 1.29 is 27.4 Å². The van der Waals surface area contributed by atoms with Crippen molar-refractivity contribution in [2.45, 2.75) is 49.1 Å². The van der Waals surface area contributed by atoms with Gasteiger partial charge in [-0.15, -0.1) is 0 Å². The highest BCUT2D eigenvalue weighted by Crippen LogP contribution is 2.45. The number of nitrogens with zero attached hydrogens (tertiary/aromatic N) is 1. The van der Waals surface area contributed by atoms with Gasteiger partial charge in [-0.3, -0.25) is 9.79 Å². The van der Waals surface area contributed by atoms with Crippen LogP contribution in [0.3, 0.4) is 0 Å². The van der Waals surface area contributed by atoms with Gasteiger partial charge in [0.25, 0.3) is 0 Å². The number of methoxy groups -OCH3 is 2. The summed E-state index contributed by atoms with van der Waals surface area (Å²) < 4.78 is 40.9. The minimum atomic E-state index is -3.36. The number of esters is 1. The van der Waals surface area contributed by atoms with Crippen molar-refractivity contribution in [1.29, 1.82) is 0 Å². The molecule has 1 saturated carbocycles. The van der Waals surface area contributed by atoms with Crippen LogP contribution in [0.25, 0.3) is 0 Å². The average molecular weight is 458 g/mol. The van der Waals surface area contributed by atoms with Gasteiger partial charge in [-0.2, -0.15) is 0 Å². The molecule has 3 atom stereocenters. The van der Waals surface area contributed by atoms with Crippen molar-refractivity contribution in [1.82, 2.24) is 0 Å². The summed E-state index contributed by atoms with van der Waals surface area (Å²) in [7, 11) is -0.183. The summed E-state index contributed by atoms with van der Waals surface area (Å²) >= 11 is 0. The maximum absolute atomic E-state index is 12.1. The molecule has 0 saturated heterocycles. The molecule has 0 radical (unpaired) electrons. The maximum atomic E-state index is 12.1. The van der Waals surface area contributed by atoms with Gasteiger partial charge in [0.05, 0.1) is 30.9 Å². The number of carbonyl (C=O) groups excluding carboxylic acids is 1. The molecule has 2 aliphatic rings. The molecule has 1 heterocycles. The molecule has 4 rings (SSSR count). The lowest BCUT2D eigenvalue weighted by Gasteiger charge is -2.38. The zero-order valence-electron chi connectivity index (χ0n) is 18.6. The van der Waals surface area contributed by atoms with Crippen LogP contribution >= 0.6 is 0 Å². The number of ether oxygens (including phenoxy) is 3. The number of aliphatic imine (C=N–C) groups is 1. The first-order valence-corrected chi connectivity index (χ1v) is 12.4. The number of rotatable bonds is 5. The first-order valence-electron chi connectivity index (χ1n) is 10.5. The van der Waals surface area contributed by atoms with Crippen LogP contribution in [0.5, 0.6) is 11.5 Å². The molecule has 2 aromatic carbocycles. The lowest BCUT2D eigenvalue weighted by Crippen LogP contribution is -2.36. The molecule has 1 aliphatic heterocycles. The van der Waals surface area contributed by atoms with Crippen molar-refractivity contribution in [3.05, 3.63) is 53.1 Å². The second-order valence-corrected chi connectivity index (χ2v) is 10.3. The molecule has 1 fully saturated rings. The molecule has 0 aromatic heterocycles. The third-order valence-corrected chi connectivity index (χ3v) is 7.25. The first-order chi connectivity index (χ1) is 15.2. The summed E-state index contributed by atoms with van der Waals surface area (Å²) in [5, 5.41) is 0. The van der Waals surface area contributed by atoms with Crippen molar-refractivity contribution in [2.24, 2.45) is 4.99 Å². The predicted molar refractivity (Wildman–Crippen MR) is 121 cm³/mol. The highest BCUT2D eigenvalue weighted by molar-refractivity contribution is 7.90. The summed E-state index contributed by atoms with van der Waals surface area (Å²) in [6, 6.07) is 10.7. The van der Waals surface area contributed by atoms with Gasteiger partial charge < -0.3 is 14.2 Å². The average Bonchev–Trinajstić information content (AvgIpc) is 2.76. The van der Waals surface area contributed by atoms with Crippen molar-refractivity contribution in [3.8, 4) is 11.5 Å². The van der Waals surface area contributed by atoms with Crippen LogP contribution in [-0.4, -0.2) is 52.7 Å². The lowest BCUT2D eigenvalue weighted by molar-refractivity contribution is -0.148. The predicted octanol–water partition coefficient (Wildman–Crippen LogP) is 3.53. The third kappa shape index (κ3) is 4.24. The summed E-state index contributed by atoms with van der Waals surface area (Å²) in [5.74, 6) is 0.970. The lowest BCUT2D eigenvalue weighted by atomic mass is 9.74. The fourth-order valence-electron chi connectivity index (χ4n) is 4.69. The Morgan fingerprint density at radius 3 is 2.44 bits per heavy atom. The Kier molecular flexibility index (Phi) is 5.99. The van der Waals surface area contributed by atoms with Crippen LogP contribution in [0, 0.1) is 0 Å². The van der Waals surface area contributed by atoms with Crippen LogP contribution < -0.4 is 9.47 Å². The Labute approximate surface area is 188 Å². The molecule has 8 heteroatoms. The minimum Gasteiger partial charge on any atom is -0.493 e. The van der Waals surface area contributed by atoms with Gasteiger partial charge >= 0.3 is 5.97 Å². The summed E-state index contributed by atoms with van der Waals surface area (Å²) in [5.41, 5.74) is 3.39. The number of hydrogen-bond donors (Lipinski definition) is 0. The van der Waals surface area contributed by atoms with E-state index < -0.39 is 9.84 Å². The zero-order chi connectivity index (χ0) is 23.0. The number of sulfone groups is 1. The second kappa shape index (κ2) is 8.58. The highest BCUT2D eigenvalue weighted by Gasteiger charge is 2.38. The Hall–Kier alpha value is -2.87. The number of fused-ring (bicyclic) bond motifs is 3. The largest absolute Gasteiger partial charge is 0.493 e. The Balaban J connectivity index is 1.86. The molecule has 0 amide bonds. The Morgan fingerprint density at radius 1 is 1.06 bits per heavy atom. The molecule has 0 bridgehead atoms. The summed E-state index contributed by atoms with van der Waals surface area (Å²) in [6.45, 7) is 1.43. The van der Waals surface area contributed by atoms with E-state index in [1.807, 2.05) is 18.2 Å². The van der Waals surface area contributed by atoms with Crippen molar-refractivity contribution in [3.63, 3.8) is 0 Å². The van der Waals surface area contributed by atoms with E-state index in [0.29, 0.717) is 17.9 Å². The third-order valence-electron chi connectivity index (χ3n) is 6.14. The van der Waals surface area contributed by atoms with Crippen LogP contribution in [0.4, 0.5) is 0 Å². The van der Waals surface area contributed by atoms with Crippen LogP contribution in [0.1, 0.15) is 48.8 Å². The first kappa shape index (κ1) is 22.3. The minimum absolute atomic E-state index is 0.00398. The number of hydrogen-bond acceptors (Lipinski definition) is 7. The quantitative estimate of drug-likeness (QED) is 0.638. The van der Waals surface area contributed by atoms with Gasteiger partial charge in [0.2, 0.25) is 0 Å². The monoisotopic (exact) mass is 457 g/mol. The zero-order valence-corrected chi connectivity index (χ0v) is 19.4. The molecular weight excluding hydrogens is 430 g/mol.